The van der Waals surface area contributed by atoms with Crippen LogP contribution in [0, 0.1) is 0 Å². The Labute approximate surface area is 157 Å². The Morgan fingerprint density at radius 2 is 1.56 bits per heavy atom. The third-order valence-corrected chi connectivity index (χ3v) is 4.39. The number of piperazine rings is 1. The van der Waals surface area contributed by atoms with Gasteiger partial charge in [-0.05, 0) is 36.4 Å². The average Bonchev–Trinajstić information content (AvgIpc) is 3.26. The minimum Gasteiger partial charge on any atom is -0.459 e. The quantitative estimate of drug-likeness (QED) is 0.817. The number of amides is 3. The molecule has 27 heavy (non-hydrogen) atoms. The highest BCUT2D eigenvalue weighted by Crippen LogP contribution is 2.13. The third kappa shape index (κ3) is 4.25. The molecule has 0 spiro atoms. The summed E-state index contributed by atoms with van der Waals surface area (Å²) >= 11 is 0. The zero-order valence-electron chi connectivity index (χ0n) is 14.9. The van der Waals surface area contributed by atoms with Crippen LogP contribution in [0.5, 0.6) is 0 Å². The molecule has 1 aliphatic rings. The van der Waals surface area contributed by atoms with E-state index in [4.69, 9.17) is 4.42 Å². The van der Waals surface area contributed by atoms with Crippen LogP contribution in [0.1, 0.15) is 31.3 Å². The monoisotopic (exact) mass is 367 g/mol. The van der Waals surface area contributed by atoms with Crippen molar-refractivity contribution < 1.29 is 18.8 Å². The lowest BCUT2D eigenvalue weighted by molar-refractivity contribution is 0.0518. The van der Waals surface area contributed by atoms with Crippen molar-refractivity contribution in [1.29, 1.82) is 0 Å². The van der Waals surface area contributed by atoms with Gasteiger partial charge in [-0.1, -0.05) is 6.08 Å². The molecule has 1 aliphatic heterocycles. The molecule has 0 aliphatic carbocycles. The van der Waals surface area contributed by atoms with Crippen molar-refractivity contribution in [3.05, 3.63) is 72.2 Å². The van der Waals surface area contributed by atoms with E-state index >= 15 is 0 Å². The van der Waals surface area contributed by atoms with E-state index < -0.39 is 0 Å². The Hall–Kier alpha value is -3.35. The highest BCUT2D eigenvalue weighted by atomic mass is 16.3. The molecule has 1 N–H and O–H groups in total. The second kappa shape index (κ2) is 8.35. The van der Waals surface area contributed by atoms with Gasteiger partial charge in [-0.2, -0.15) is 0 Å². The minimum absolute atomic E-state index is 0.113. The number of furan rings is 1. The predicted molar refractivity (Wildman–Crippen MR) is 99.5 cm³/mol. The van der Waals surface area contributed by atoms with E-state index in [1.807, 2.05) is 0 Å². The maximum absolute atomic E-state index is 12.6. The van der Waals surface area contributed by atoms with E-state index in [1.165, 1.54) is 6.26 Å². The largest absolute Gasteiger partial charge is 0.459 e. The summed E-state index contributed by atoms with van der Waals surface area (Å²) in [5, 5.41) is 2.69. The van der Waals surface area contributed by atoms with E-state index in [2.05, 4.69) is 11.9 Å². The van der Waals surface area contributed by atoms with Crippen LogP contribution in [0.25, 0.3) is 0 Å². The first-order valence-corrected chi connectivity index (χ1v) is 8.71. The van der Waals surface area contributed by atoms with Crippen LogP contribution >= 0.6 is 0 Å². The summed E-state index contributed by atoms with van der Waals surface area (Å²) in [7, 11) is 0. The summed E-state index contributed by atoms with van der Waals surface area (Å²) in [6.07, 6.45) is 3.07. The first kappa shape index (κ1) is 18.4. The van der Waals surface area contributed by atoms with Crippen LogP contribution in [0.2, 0.25) is 0 Å². The first-order valence-electron chi connectivity index (χ1n) is 8.71. The fourth-order valence-corrected chi connectivity index (χ4v) is 2.88. The molecule has 140 valence electrons. The summed E-state index contributed by atoms with van der Waals surface area (Å²) in [6, 6.07) is 9.85. The zero-order valence-corrected chi connectivity index (χ0v) is 14.9. The molecule has 3 amide bonds. The van der Waals surface area contributed by atoms with Crippen molar-refractivity contribution in [3.8, 4) is 0 Å². The Morgan fingerprint density at radius 3 is 2.11 bits per heavy atom. The number of nitrogens with one attached hydrogen (secondary N) is 1. The lowest BCUT2D eigenvalue weighted by atomic mass is 10.1. The molecular weight excluding hydrogens is 346 g/mol. The fourth-order valence-electron chi connectivity index (χ4n) is 2.88. The highest BCUT2D eigenvalue weighted by Gasteiger charge is 2.26. The minimum atomic E-state index is -0.209. The topological polar surface area (TPSA) is 82.9 Å². The molecule has 0 saturated carbocycles. The van der Waals surface area contributed by atoms with E-state index in [1.54, 1.807) is 52.3 Å². The Bertz CT molecular complexity index is 819. The summed E-state index contributed by atoms with van der Waals surface area (Å²) in [6.45, 7) is 5.75. The number of benzene rings is 1. The van der Waals surface area contributed by atoms with Crippen molar-refractivity contribution in [3.63, 3.8) is 0 Å². The van der Waals surface area contributed by atoms with Crippen molar-refractivity contribution in [2.24, 2.45) is 0 Å². The molecular formula is C20H21N3O4. The van der Waals surface area contributed by atoms with Gasteiger partial charge >= 0.3 is 0 Å². The number of rotatable bonds is 5. The Balaban J connectivity index is 1.56. The van der Waals surface area contributed by atoms with Crippen molar-refractivity contribution in [1.82, 2.24) is 15.1 Å². The van der Waals surface area contributed by atoms with Gasteiger partial charge in [-0.15, -0.1) is 6.58 Å². The van der Waals surface area contributed by atoms with Crippen molar-refractivity contribution in [2.45, 2.75) is 0 Å². The normalized spacial score (nSPS) is 13.9. The molecule has 1 saturated heterocycles. The molecule has 0 atom stereocenters. The molecule has 1 fully saturated rings. The lowest BCUT2D eigenvalue weighted by Gasteiger charge is -2.34. The molecule has 2 aromatic rings. The first-order chi connectivity index (χ1) is 13.1. The molecule has 1 aromatic carbocycles. The standard InChI is InChI=1S/C20H21N3O4/c1-2-9-21-18(24)15-5-7-16(8-6-15)19(25)22-10-12-23(13-11-22)20(26)17-4-3-14-27-17/h2-8,14H,1,9-13H2,(H,21,24). The number of hydrogen-bond donors (Lipinski definition) is 1. The van der Waals surface area contributed by atoms with Crippen LogP contribution in [0.3, 0.4) is 0 Å². The highest BCUT2D eigenvalue weighted by molar-refractivity contribution is 5.98. The van der Waals surface area contributed by atoms with Crippen molar-refractivity contribution in [2.75, 3.05) is 32.7 Å². The number of carbonyl (C=O) groups is 3. The van der Waals surface area contributed by atoms with Gasteiger partial charge in [0.05, 0.1) is 6.26 Å². The van der Waals surface area contributed by atoms with Gasteiger partial charge in [0.25, 0.3) is 17.7 Å². The molecule has 2 heterocycles. The van der Waals surface area contributed by atoms with E-state index in [0.29, 0.717) is 49.6 Å². The van der Waals surface area contributed by atoms with Crippen LogP contribution in [-0.4, -0.2) is 60.2 Å². The predicted octanol–water partition coefficient (Wildman–Crippen LogP) is 1.79. The zero-order chi connectivity index (χ0) is 19.2. The third-order valence-electron chi connectivity index (χ3n) is 4.39. The molecule has 1 aromatic heterocycles. The summed E-state index contributed by atoms with van der Waals surface area (Å²) in [5.74, 6) is -0.181. The molecule has 0 radical (unpaired) electrons. The summed E-state index contributed by atoms with van der Waals surface area (Å²) in [5.41, 5.74) is 1.00. The maximum atomic E-state index is 12.6. The fraction of sp³-hybridized carbons (Fsp3) is 0.250. The van der Waals surface area contributed by atoms with Crippen molar-refractivity contribution >= 4 is 17.7 Å². The number of nitrogens with zero attached hydrogens (tertiary/aromatic N) is 2. The van der Waals surface area contributed by atoms with Gasteiger partial charge < -0.3 is 19.5 Å². The maximum Gasteiger partial charge on any atom is 0.289 e. The Morgan fingerprint density at radius 1 is 0.963 bits per heavy atom. The summed E-state index contributed by atoms with van der Waals surface area (Å²) in [4.78, 5) is 40.2. The second-order valence-corrected chi connectivity index (χ2v) is 6.14. The molecule has 0 unspecified atom stereocenters. The smallest absolute Gasteiger partial charge is 0.289 e. The lowest BCUT2D eigenvalue weighted by Crippen LogP contribution is -2.50. The van der Waals surface area contributed by atoms with Crippen LogP contribution in [-0.2, 0) is 0 Å². The Kier molecular flexibility index (Phi) is 5.71. The van der Waals surface area contributed by atoms with Gasteiger partial charge in [-0.25, -0.2) is 0 Å². The van der Waals surface area contributed by atoms with Gasteiger partial charge in [0.1, 0.15) is 0 Å². The number of carbonyl (C=O) groups excluding carboxylic acids is 3. The van der Waals surface area contributed by atoms with Crippen LogP contribution in [0.4, 0.5) is 0 Å². The summed E-state index contributed by atoms with van der Waals surface area (Å²) < 4.78 is 5.14. The van der Waals surface area contributed by atoms with Crippen LogP contribution in [0.15, 0.2) is 59.7 Å². The molecule has 3 rings (SSSR count). The van der Waals surface area contributed by atoms with Gasteiger partial charge in [0.2, 0.25) is 0 Å². The van der Waals surface area contributed by atoms with Gasteiger partial charge in [0, 0.05) is 43.9 Å². The van der Waals surface area contributed by atoms with Gasteiger partial charge in [-0.3, -0.25) is 14.4 Å². The molecule has 0 bridgehead atoms. The van der Waals surface area contributed by atoms with Crippen LogP contribution < -0.4 is 5.32 Å². The van der Waals surface area contributed by atoms with E-state index in [0.717, 1.165) is 0 Å². The second-order valence-electron chi connectivity index (χ2n) is 6.14. The van der Waals surface area contributed by atoms with E-state index in [-0.39, 0.29) is 17.7 Å². The van der Waals surface area contributed by atoms with E-state index in [9.17, 15) is 14.4 Å². The SMILES string of the molecule is C=CCNC(=O)c1ccc(C(=O)N2CCN(C(=O)c3ccco3)CC2)cc1. The molecule has 7 nitrogen and oxygen atoms in total. The number of hydrogen-bond acceptors (Lipinski definition) is 4. The molecule has 7 heteroatoms. The average molecular weight is 367 g/mol. The van der Waals surface area contributed by atoms with Gasteiger partial charge in [0.15, 0.2) is 5.76 Å².